The van der Waals surface area contributed by atoms with E-state index in [0.29, 0.717) is 31.6 Å². The number of esters is 2. The van der Waals surface area contributed by atoms with Gasteiger partial charge in [0.2, 0.25) is 5.91 Å². The van der Waals surface area contributed by atoms with Crippen LogP contribution in [0.1, 0.15) is 39.5 Å². The Labute approximate surface area is 166 Å². The zero-order chi connectivity index (χ0) is 20.7. The molecule has 1 aromatic rings. The molecular weight excluding hydrogens is 360 g/mol. The van der Waals surface area contributed by atoms with Crippen LogP contribution in [0.5, 0.6) is 0 Å². The molecule has 1 amide bonds. The molecule has 1 atom stereocenters. The minimum absolute atomic E-state index is 0.00449. The standard InChI is InChI=1S/C21H30N2O5/c1-5-18(24)23(17-9-7-6-8-10-17)21(20(26)28-4)11-13-22(14-12-21)16(2)15-19(25)27-3/h6-10,16H,5,11-15H2,1-4H3. The van der Waals surface area contributed by atoms with Crippen LogP contribution in [0.2, 0.25) is 0 Å². The molecule has 1 heterocycles. The monoisotopic (exact) mass is 390 g/mol. The molecule has 1 unspecified atom stereocenters. The Hall–Kier alpha value is -2.41. The number of likely N-dealkylation sites (tertiary alicyclic amines) is 1. The van der Waals surface area contributed by atoms with Crippen molar-refractivity contribution in [2.45, 2.75) is 51.1 Å². The van der Waals surface area contributed by atoms with Gasteiger partial charge in [-0.15, -0.1) is 0 Å². The zero-order valence-corrected chi connectivity index (χ0v) is 17.1. The van der Waals surface area contributed by atoms with Gasteiger partial charge in [-0.2, -0.15) is 0 Å². The van der Waals surface area contributed by atoms with Crippen LogP contribution in [0.15, 0.2) is 30.3 Å². The maximum absolute atomic E-state index is 12.9. The van der Waals surface area contributed by atoms with E-state index >= 15 is 0 Å². The molecule has 1 saturated heterocycles. The minimum atomic E-state index is -1.05. The normalized spacial score (nSPS) is 17.4. The number of carbonyl (C=O) groups is 3. The first-order chi connectivity index (χ1) is 13.4. The summed E-state index contributed by atoms with van der Waals surface area (Å²) < 4.78 is 9.90. The smallest absolute Gasteiger partial charge is 0.332 e. The number of rotatable bonds is 7. The van der Waals surface area contributed by atoms with Gasteiger partial charge in [-0.3, -0.25) is 19.4 Å². The Morgan fingerprint density at radius 1 is 1.11 bits per heavy atom. The SMILES string of the molecule is CCC(=O)N(c1ccccc1)C1(C(=O)OC)CCN(C(C)CC(=O)OC)CC1. The van der Waals surface area contributed by atoms with Crippen molar-refractivity contribution in [1.82, 2.24) is 4.90 Å². The van der Waals surface area contributed by atoms with Crippen molar-refractivity contribution in [2.75, 3.05) is 32.2 Å². The van der Waals surface area contributed by atoms with E-state index in [0.717, 1.165) is 0 Å². The average Bonchev–Trinajstić information content (AvgIpc) is 2.74. The lowest BCUT2D eigenvalue weighted by atomic mass is 9.84. The molecule has 28 heavy (non-hydrogen) atoms. The highest BCUT2D eigenvalue weighted by Gasteiger charge is 2.50. The third kappa shape index (κ3) is 4.52. The van der Waals surface area contributed by atoms with Crippen LogP contribution >= 0.6 is 0 Å². The summed E-state index contributed by atoms with van der Waals surface area (Å²) in [5.74, 6) is -0.782. The van der Waals surface area contributed by atoms with Crippen molar-refractivity contribution >= 4 is 23.5 Å². The zero-order valence-electron chi connectivity index (χ0n) is 17.1. The van der Waals surface area contributed by atoms with Gasteiger partial charge in [-0.25, -0.2) is 4.79 Å². The van der Waals surface area contributed by atoms with Crippen molar-refractivity contribution in [3.05, 3.63) is 30.3 Å². The van der Waals surface area contributed by atoms with Gasteiger partial charge >= 0.3 is 11.9 Å². The number of methoxy groups -OCH3 is 2. The molecule has 0 aromatic heterocycles. The molecule has 0 bridgehead atoms. The van der Waals surface area contributed by atoms with Crippen LogP contribution in [-0.4, -0.2) is 61.6 Å². The van der Waals surface area contributed by atoms with Crippen molar-refractivity contribution in [3.63, 3.8) is 0 Å². The van der Waals surface area contributed by atoms with Gasteiger partial charge in [0.05, 0.1) is 20.6 Å². The summed E-state index contributed by atoms with van der Waals surface area (Å²) in [6.07, 6.45) is 1.45. The highest BCUT2D eigenvalue weighted by Crippen LogP contribution is 2.36. The Kier molecular flexibility index (Phi) is 7.57. The molecule has 0 saturated carbocycles. The molecular formula is C21H30N2O5. The fourth-order valence-electron chi connectivity index (χ4n) is 3.86. The van der Waals surface area contributed by atoms with Crippen LogP contribution in [0.3, 0.4) is 0 Å². The van der Waals surface area contributed by atoms with Crippen LogP contribution < -0.4 is 4.90 Å². The number of hydrogen-bond acceptors (Lipinski definition) is 6. The summed E-state index contributed by atoms with van der Waals surface area (Å²) in [5, 5.41) is 0. The summed E-state index contributed by atoms with van der Waals surface area (Å²) in [4.78, 5) is 41.2. The highest BCUT2D eigenvalue weighted by molar-refractivity contribution is 6.02. The fourth-order valence-corrected chi connectivity index (χ4v) is 3.86. The molecule has 1 fully saturated rings. The van der Waals surface area contributed by atoms with E-state index in [4.69, 9.17) is 9.47 Å². The molecule has 1 aliphatic heterocycles. The lowest BCUT2D eigenvalue weighted by Gasteiger charge is -2.47. The molecule has 7 heteroatoms. The van der Waals surface area contributed by atoms with E-state index < -0.39 is 11.5 Å². The summed E-state index contributed by atoms with van der Waals surface area (Å²) in [6, 6.07) is 9.25. The first-order valence-electron chi connectivity index (χ1n) is 9.67. The molecule has 0 spiro atoms. The lowest BCUT2D eigenvalue weighted by Crippen LogP contribution is -2.63. The third-order valence-electron chi connectivity index (χ3n) is 5.50. The van der Waals surface area contributed by atoms with Gasteiger partial charge < -0.3 is 9.47 Å². The number of benzene rings is 1. The van der Waals surface area contributed by atoms with E-state index in [1.54, 1.807) is 11.8 Å². The van der Waals surface area contributed by atoms with Crippen molar-refractivity contribution in [2.24, 2.45) is 0 Å². The number of hydrogen-bond donors (Lipinski definition) is 0. The van der Waals surface area contributed by atoms with Gasteiger partial charge in [0.15, 0.2) is 0 Å². The third-order valence-corrected chi connectivity index (χ3v) is 5.50. The Morgan fingerprint density at radius 2 is 1.71 bits per heavy atom. The van der Waals surface area contributed by atoms with Gasteiger partial charge in [-0.1, -0.05) is 25.1 Å². The predicted octanol–water partition coefficient (Wildman–Crippen LogP) is 2.39. The van der Waals surface area contributed by atoms with Gasteiger partial charge in [0.1, 0.15) is 5.54 Å². The molecule has 1 aliphatic rings. The molecule has 1 aromatic carbocycles. The number of amides is 1. The topological polar surface area (TPSA) is 76.2 Å². The van der Waals surface area contributed by atoms with E-state index in [-0.39, 0.29) is 30.8 Å². The largest absolute Gasteiger partial charge is 0.469 e. The molecule has 0 N–H and O–H groups in total. The van der Waals surface area contributed by atoms with Gasteiger partial charge in [-0.05, 0) is 31.9 Å². The number of nitrogens with zero attached hydrogens (tertiary/aromatic N) is 2. The van der Waals surface area contributed by atoms with Crippen LogP contribution in [0.25, 0.3) is 0 Å². The van der Waals surface area contributed by atoms with Crippen LogP contribution in [0, 0.1) is 0 Å². The minimum Gasteiger partial charge on any atom is -0.469 e. The number of anilines is 1. The van der Waals surface area contributed by atoms with Crippen molar-refractivity contribution in [3.8, 4) is 0 Å². The second-order valence-electron chi connectivity index (χ2n) is 7.11. The van der Waals surface area contributed by atoms with Crippen molar-refractivity contribution in [1.29, 1.82) is 0 Å². The summed E-state index contributed by atoms with van der Waals surface area (Å²) in [7, 11) is 2.73. The van der Waals surface area contributed by atoms with E-state index in [1.165, 1.54) is 14.2 Å². The molecule has 7 nitrogen and oxygen atoms in total. The maximum atomic E-state index is 12.9. The van der Waals surface area contributed by atoms with Crippen molar-refractivity contribution < 1.29 is 23.9 Å². The first-order valence-corrected chi connectivity index (χ1v) is 9.67. The number of piperidine rings is 1. The van der Waals surface area contributed by atoms with E-state index in [9.17, 15) is 14.4 Å². The second kappa shape index (κ2) is 9.68. The summed E-state index contributed by atoms with van der Waals surface area (Å²) in [6.45, 7) is 4.91. The number of carbonyl (C=O) groups excluding carboxylic acids is 3. The molecule has 0 aliphatic carbocycles. The maximum Gasteiger partial charge on any atom is 0.332 e. The second-order valence-corrected chi connectivity index (χ2v) is 7.11. The van der Waals surface area contributed by atoms with E-state index in [2.05, 4.69) is 4.90 Å². The molecule has 2 rings (SSSR count). The Balaban J connectivity index is 2.31. The summed E-state index contributed by atoms with van der Waals surface area (Å²) in [5.41, 5.74) is -0.360. The van der Waals surface area contributed by atoms with E-state index in [1.807, 2.05) is 37.3 Å². The molecule has 0 radical (unpaired) electrons. The molecule has 154 valence electrons. The average molecular weight is 390 g/mol. The lowest BCUT2D eigenvalue weighted by molar-refractivity contribution is -0.151. The predicted molar refractivity (Wildman–Crippen MR) is 106 cm³/mol. The first kappa shape index (κ1) is 21.9. The Morgan fingerprint density at radius 3 is 2.21 bits per heavy atom. The van der Waals surface area contributed by atoms with Gasteiger partial charge in [0, 0.05) is 31.2 Å². The number of para-hydroxylation sites is 1. The highest BCUT2D eigenvalue weighted by atomic mass is 16.5. The quantitative estimate of drug-likeness (QED) is 0.666. The van der Waals surface area contributed by atoms with Gasteiger partial charge in [0.25, 0.3) is 0 Å². The fraction of sp³-hybridized carbons (Fsp3) is 0.571. The summed E-state index contributed by atoms with van der Waals surface area (Å²) >= 11 is 0. The van der Waals surface area contributed by atoms with Crippen LogP contribution in [-0.2, 0) is 23.9 Å². The Bertz CT molecular complexity index is 683. The van der Waals surface area contributed by atoms with Crippen LogP contribution in [0.4, 0.5) is 5.69 Å². The number of ether oxygens (including phenoxy) is 2.